The van der Waals surface area contributed by atoms with E-state index in [9.17, 15) is 33.8 Å². The van der Waals surface area contributed by atoms with Crippen molar-refractivity contribution in [3.63, 3.8) is 0 Å². The van der Waals surface area contributed by atoms with Crippen LogP contribution in [0.1, 0.15) is 166 Å². The zero-order valence-corrected chi connectivity index (χ0v) is 51.9. The quantitative estimate of drug-likeness (QED) is 0.0158. The molecular weight excluding hydrogens is 1090 g/mol. The van der Waals surface area contributed by atoms with Gasteiger partial charge >= 0.3 is 7.12 Å². The monoisotopic (exact) mass is 1170 g/mol. The van der Waals surface area contributed by atoms with Crippen LogP contribution in [0.3, 0.4) is 0 Å². The van der Waals surface area contributed by atoms with Gasteiger partial charge in [-0.3, -0.25) is 28.8 Å². The molecule has 4 aliphatic heterocycles. The molecule has 5 aromatic carbocycles. The summed E-state index contributed by atoms with van der Waals surface area (Å²) in [4.78, 5) is 86.9. The molecule has 4 heterocycles. The second-order valence-corrected chi connectivity index (χ2v) is 25.0. The van der Waals surface area contributed by atoms with E-state index in [-0.39, 0.29) is 58.8 Å². The molecule has 87 heavy (non-hydrogen) atoms. The summed E-state index contributed by atoms with van der Waals surface area (Å²) in [5.41, 5.74) is 12.5. The summed E-state index contributed by atoms with van der Waals surface area (Å²) >= 11 is 0. The third-order valence-corrected chi connectivity index (χ3v) is 18.7. The Morgan fingerprint density at radius 3 is 2.22 bits per heavy atom. The number of unbranched alkanes of at least 4 members (excludes halogenated alkanes) is 3. The first kappa shape index (κ1) is 62.1. The van der Waals surface area contributed by atoms with Crippen LogP contribution in [0.25, 0.3) is 0 Å². The molecule has 5 aliphatic rings. The number of anilines is 1. The molecule has 3 N–H and O–H groups in total. The van der Waals surface area contributed by atoms with Gasteiger partial charge < -0.3 is 34.8 Å². The molecule has 452 valence electrons. The molecule has 2 atom stereocenters. The number of nitrogens with zero attached hydrogens (tertiary/aromatic N) is 3. The van der Waals surface area contributed by atoms with Gasteiger partial charge in [-0.25, -0.2) is 0 Å². The van der Waals surface area contributed by atoms with Gasteiger partial charge in [-0.15, -0.1) is 0 Å². The maximum atomic E-state index is 14.7. The van der Waals surface area contributed by atoms with Crippen molar-refractivity contribution < 1.29 is 47.8 Å². The number of ketones is 4. The minimum absolute atomic E-state index is 0.0119. The number of likely N-dealkylation sites (tertiary alicyclic amines) is 1. The van der Waals surface area contributed by atoms with Crippen molar-refractivity contribution in [3.05, 3.63) is 188 Å². The number of rotatable bonds is 26. The first-order valence-electron chi connectivity index (χ1n) is 31.2. The average Bonchev–Trinajstić information content (AvgIpc) is 1.72. The Morgan fingerprint density at radius 1 is 0.816 bits per heavy atom. The van der Waals surface area contributed by atoms with Crippen LogP contribution in [-0.4, -0.2) is 109 Å². The van der Waals surface area contributed by atoms with Crippen LogP contribution in [0.5, 0.6) is 5.75 Å². The number of fused-ring (bicyclic) bond motifs is 3. The van der Waals surface area contributed by atoms with Crippen LogP contribution in [0.15, 0.2) is 144 Å². The van der Waals surface area contributed by atoms with E-state index in [1.165, 1.54) is 11.1 Å². The van der Waals surface area contributed by atoms with E-state index in [1.54, 1.807) is 7.11 Å². The largest absolute Gasteiger partial charge is 0.497 e. The number of nitrogens with one attached hydrogen (secondary N) is 2. The molecular formula is C72H83BN5O9+. The van der Waals surface area contributed by atoms with Crippen molar-refractivity contribution in [3.8, 4) is 5.75 Å². The highest BCUT2D eigenvalue weighted by molar-refractivity contribution is 6.63. The highest BCUT2D eigenvalue weighted by atomic mass is 16.5. The van der Waals surface area contributed by atoms with E-state index in [0.29, 0.717) is 115 Å². The Kier molecular flexibility index (Phi) is 18.9. The van der Waals surface area contributed by atoms with Crippen LogP contribution in [0, 0.1) is 0 Å². The minimum atomic E-state index is -1.22. The lowest BCUT2D eigenvalue weighted by atomic mass is 9.75. The van der Waals surface area contributed by atoms with E-state index < -0.39 is 19.2 Å². The number of hydrogen-bond donors (Lipinski definition) is 3. The normalized spacial score (nSPS) is 18.5. The molecule has 1 fully saturated rings. The van der Waals surface area contributed by atoms with Gasteiger partial charge in [0.2, 0.25) is 11.6 Å². The number of ether oxygens (including phenoxy) is 1. The molecule has 5 aromatic rings. The molecule has 0 bridgehead atoms. The summed E-state index contributed by atoms with van der Waals surface area (Å²) in [6.07, 6.45) is 12.2. The van der Waals surface area contributed by atoms with E-state index >= 15 is 0 Å². The summed E-state index contributed by atoms with van der Waals surface area (Å²) in [6, 6.07) is 34.2. The van der Waals surface area contributed by atoms with Crippen molar-refractivity contribution in [2.75, 3.05) is 39.2 Å². The number of allylic oxidation sites excluding steroid dienone is 5. The number of carbonyl (C=O) groups is 6. The lowest BCUT2D eigenvalue weighted by molar-refractivity contribution is -0.401. The summed E-state index contributed by atoms with van der Waals surface area (Å²) in [7, 11) is 4.43. The summed E-state index contributed by atoms with van der Waals surface area (Å²) in [5.74, 6) is -0.0194. The van der Waals surface area contributed by atoms with E-state index in [0.717, 1.165) is 65.3 Å². The second-order valence-electron chi connectivity index (χ2n) is 25.0. The Hall–Kier alpha value is -8.01. The summed E-state index contributed by atoms with van der Waals surface area (Å²) in [6.45, 7) is 11.6. The maximum Gasteiger partial charge on any atom is 0.495 e. The van der Waals surface area contributed by atoms with Crippen molar-refractivity contribution in [1.29, 1.82) is 0 Å². The molecule has 0 spiro atoms. The van der Waals surface area contributed by atoms with Gasteiger partial charge in [0.1, 0.15) is 24.6 Å². The molecule has 0 aromatic heterocycles. The van der Waals surface area contributed by atoms with Gasteiger partial charge in [0.15, 0.2) is 23.1 Å². The number of likely N-dealkylation sites (N-methyl/N-ethyl adjacent to an activating group) is 1. The number of benzene rings is 5. The molecule has 1 unspecified atom stereocenters. The predicted molar refractivity (Wildman–Crippen MR) is 341 cm³/mol. The van der Waals surface area contributed by atoms with Crippen LogP contribution >= 0.6 is 0 Å². The number of hydrogen-bond acceptors (Lipinski definition) is 11. The first-order chi connectivity index (χ1) is 41.8. The molecule has 2 amide bonds. The number of aryl methyl sites for hydroxylation is 2. The summed E-state index contributed by atoms with van der Waals surface area (Å²) < 4.78 is 13.6. The van der Waals surface area contributed by atoms with Crippen LogP contribution < -0.4 is 25.7 Å². The molecule has 14 nitrogen and oxygen atoms in total. The van der Waals surface area contributed by atoms with Gasteiger partial charge in [0, 0.05) is 102 Å². The number of para-hydroxylation sites is 2. The van der Waals surface area contributed by atoms with Crippen molar-refractivity contribution in [2.24, 2.45) is 0 Å². The third-order valence-electron chi connectivity index (χ3n) is 18.7. The van der Waals surface area contributed by atoms with Gasteiger partial charge in [0.05, 0.1) is 36.4 Å². The zero-order valence-electron chi connectivity index (χ0n) is 51.9. The van der Waals surface area contributed by atoms with Gasteiger partial charge in [-0.1, -0.05) is 118 Å². The topological polar surface area (TPSA) is 175 Å². The molecule has 1 aliphatic carbocycles. The molecule has 0 saturated carbocycles. The van der Waals surface area contributed by atoms with Gasteiger partial charge in [-0.2, -0.15) is 4.58 Å². The average molecular weight is 1170 g/mol. The fourth-order valence-corrected chi connectivity index (χ4v) is 13.8. The standard InChI is InChI=1S/C72H82BN5O9/c1-9-57(75-70(84)60-34-23-41-78(60)65-52(43-62-71(2,3)55-30-18-20-32-58(55)76(62)6)67(82)53(65)44-63-72(4,5)56-31-19-21-33-59(56)77(63)7)61(80)35-15-11-14-28-50(79)29-22-40-74-69(83)51-42-49(68(86-8)64-54(51)45-87-73(64)85)27-17-16-24-46-36-38-48(39-37-46)66(81)47-25-12-10-13-26-47/h10,12-13,18-21,25-26,30-33,36-39,42-44,57,60,85H,9,11,14-17,22-24,27-29,34-35,40-41,45H2,1-8H3,(H-,74,75,83,84)/p+1/t57?,60-/m1/s1. The Bertz CT molecular complexity index is 3640. The first-order valence-corrected chi connectivity index (χ1v) is 31.2. The number of amides is 2. The fourth-order valence-electron chi connectivity index (χ4n) is 13.8. The lowest BCUT2D eigenvalue weighted by Crippen LogP contribution is -2.50. The molecule has 1 saturated heterocycles. The highest BCUT2D eigenvalue weighted by Crippen LogP contribution is 2.49. The Balaban J connectivity index is 0.697. The van der Waals surface area contributed by atoms with Crippen molar-refractivity contribution >= 4 is 64.6 Å². The summed E-state index contributed by atoms with van der Waals surface area (Å²) in [5, 5.41) is 16.9. The fraction of sp³-hybridized carbons (Fsp3) is 0.403. The van der Waals surface area contributed by atoms with E-state index in [2.05, 4.69) is 77.0 Å². The molecule has 10 rings (SSSR count). The predicted octanol–water partition coefficient (Wildman–Crippen LogP) is 10.4. The van der Waals surface area contributed by atoms with Gasteiger partial charge in [0.25, 0.3) is 5.91 Å². The smallest absolute Gasteiger partial charge is 0.495 e. The SMILES string of the molecule is CCC(NC(=O)[C@H]1CCCN1C1=C(C=C2N(C)c3ccccc3C2(C)C)C(=O)C1=CC1=[N+](C)c2ccccc2C1(C)C)C(=O)CCCCCC(=O)CCCNC(=O)c1cc(CCCCc2ccc(C(=O)c3ccccc3)cc2)c(OC)c2c1COB2O. The van der Waals surface area contributed by atoms with Gasteiger partial charge in [-0.05, 0) is 119 Å². The van der Waals surface area contributed by atoms with Crippen molar-refractivity contribution in [2.45, 2.75) is 154 Å². The highest BCUT2D eigenvalue weighted by Gasteiger charge is 2.49. The van der Waals surface area contributed by atoms with Crippen molar-refractivity contribution in [1.82, 2.24) is 15.5 Å². The number of carbonyl (C=O) groups excluding carboxylic acids is 6. The minimum Gasteiger partial charge on any atom is -0.497 e. The van der Waals surface area contributed by atoms with Crippen LogP contribution in [-0.2, 0) is 54.1 Å². The lowest BCUT2D eigenvalue weighted by Gasteiger charge is -2.37. The third kappa shape index (κ3) is 12.6. The molecule has 0 radical (unpaired) electrons. The number of methoxy groups -OCH3 is 1. The van der Waals surface area contributed by atoms with Crippen LogP contribution in [0.2, 0.25) is 0 Å². The zero-order chi connectivity index (χ0) is 61.7. The van der Waals surface area contributed by atoms with E-state index in [4.69, 9.17) is 9.39 Å². The second kappa shape index (κ2) is 26.5. The van der Waals surface area contributed by atoms with E-state index in [1.807, 2.05) is 118 Å². The Morgan fingerprint density at radius 2 is 1.49 bits per heavy atom. The maximum absolute atomic E-state index is 14.7. The van der Waals surface area contributed by atoms with Crippen LogP contribution in [0.4, 0.5) is 11.4 Å². The number of Topliss-reactive ketones (excluding diaryl/α,β-unsaturated/α-hetero) is 3. The Labute approximate surface area is 512 Å². The molecule has 15 heteroatoms.